The molecule has 42 heavy (non-hydrogen) atoms. The fraction of sp³-hybridized carbons (Fsp3) is 0.857. The monoisotopic (exact) mass is 613 g/mol. The molecule has 248 valence electrons. The van der Waals surface area contributed by atoms with Crippen molar-refractivity contribution in [2.45, 2.75) is 187 Å². The van der Waals surface area contributed by atoms with Crippen LogP contribution in [0.15, 0.2) is 24.3 Å². The number of hydrogen-bond donors (Lipinski definition) is 3. The van der Waals surface area contributed by atoms with E-state index in [0.717, 1.165) is 57.8 Å². The average molecular weight is 614 g/mol. The molecule has 3 N–H and O–H groups in total. The molecule has 0 bridgehead atoms. The first-order valence-electron chi connectivity index (χ1n) is 17.5. The van der Waals surface area contributed by atoms with E-state index in [4.69, 9.17) is 0 Å². The molecule has 0 saturated heterocycles. The van der Waals surface area contributed by atoms with Gasteiger partial charge in [-0.3, -0.25) is 9.35 Å². The Balaban J connectivity index is 4.03. The van der Waals surface area contributed by atoms with Crippen LogP contribution in [-0.2, 0) is 14.9 Å². The Morgan fingerprint density at radius 3 is 1.48 bits per heavy atom. The van der Waals surface area contributed by atoms with Gasteiger partial charge in [-0.25, -0.2) is 0 Å². The molecule has 0 aliphatic rings. The van der Waals surface area contributed by atoms with E-state index in [-0.39, 0.29) is 12.3 Å². The number of aliphatic hydroxyl groups is 1. The Morgan fingerprint density at radius 2 is 1.00 bits per heavy atom. The first-order valence-corrected chi connectivity index (χ1v) is 19.1. The summed E-state index contributed by atoms with van der Waals surface area (Å²) in [4.78, 5) is 12.4. The lowest BCUT2D eigenvalue weighted by molar-refractivity contribution is -0.122. The molecule has 7 heteroatoms. The smallest absolute Gasteiger partial charge is 0.267 e. The summed E-state index contributed by atoms with van der Waals surface area (Å²) in [6.07, 6.45) is 35.8. The molecule has 0 aromatic heterocycles. The summed E-state index contributed by atoms with van der Waals surface area (Å²) in [6, 6.07) is -1.06. The Hall–Kier alpha value is -1.18. The van der Waals surface area contributed by atoms with Crippen LogP contribution in [0, 0.1) is 0 Å². The van der Waals surface area contributed by atoms with Crippen molar-refractivity contribution in [3.05, 3.63) is 24.3 Å². The summed E-state index contributed by atoms with van der Waals surface area (Å²) < 4.78 is 32.3. The minimum atomic E-state index is -4.34. The Bertz CT molecular complexity index is 765. The van der Waals surface area contributed by atoms with Crippen molar-refractivity contribution in [2.24, 2.45) is 0 Å². The molecule has 0 radical (unpaired) electrons. The van der Waals surface area contributed by atoms with Crippen LogP contribution in [0.4, 0.5) is 0 Å². The van der Waals surface area contributed by atoms with Crippen LogP contribution in [0.1, 0.15) is 174 Å². The third kappa shape index (κ3) is 30.3. The average Bonchev–Trinajstić information content (AvgIpc) is 2.94. The fourth-order valence-electron chi connectivity index (χ4n) is 5.21. The molecule has 0 spiro atoms. The van der Waals surface area contributed by atoms with E-state index in [1.165, 1.54) is 96.3 Å². The van der Waals surface area contributed by atoms with E-state index in [1.807, 2.05) is 6.08 Å². The van der Waals surface area contributed by atoms with Crippen molar-refractivity contribution in [2.75, 3.05) is 5.75 Å². The molecule has 0 aromatic carbocycles. The van der Waals surface area contributed by atoms with Crippen LogP contribution in [0.25, 0.3) is 0 Å². The van der Waals surface area contributed by atoms with Crippen LogP contribution in [0.5, 0.6) is 0 Å². The number of unbranched alkanes of at least 4 members (excludes halogenated alkanes) is 21. The van der Waals surface area contributed by atoms with Gasteiger partial charge in [-0.1, -0.05) is 147 Å². The summed E-state index contributed by atoms with van der Waals surface area (Å²) in [6.45, 7) is 4.47. The molecule has 6 nitrogen and oxygen atoms in total. The van der Waals surface area contributed by atoms with Gasteiger partial charge in [0.25, 0.3) is 10.1 Å². The summed E-state index contributed by atoms with van der Waals surface area (Å²) >= 11 is 0. The first kappa shape index (κ1) is 40.8. The predicted octanol–water partition coefficient (Wildman–Crippen LogP) is 9.62. The zero-order valence-corrected chi connectivity index (χ0v) is 28.2. The van der Waals surface area contributed by atoms with Crippen molar-refractivity contribution in [1.82, 2.24) is 5.32 Å². The third-order valence-electron chi connectivity index (χ3n) is 7.87. The maximum atomic E-state index is 12.4. The molecular weight excluding hydrogens is 546 g/mol. The molecule has 0 aliphatic carbocycles. The molecule has 0 rings (SSSR count). The van der Waals surface area contributed by atoms with Crippen LogP contribution < -0.4 is 5.32 Å². The van der Waals surface area contributed by atoms with Gasteiger partial charge in [-0.05, 0) is 44.9 Å². The molecule has 2 unspecified atom stereocenters. The molecule has 2 atom stereocenters. The maximum absolute atomic E-state index is 12.4. The molecule has 0 fully saturated rings. The lowest BCUT2D eigenvalue weighted by Crippen LogP contribution is -2.46. The Labute approximate surface area is 260 Å². The summed E-state index contributed by atoms with van der Waals surface area (Å²) in [5.41, 5.74) is 0. The number of hydrogen-bond acceptors (Lipinski definition) is 4. The van der Waals surface area contributed by atoms with Crippen LogP contribution in [0.3, 0.4) is 0 Å². The normalized spacial score (nSPS) is 13.7. The van der Waals surface area contributed by atoms with E-state index in [2.05, 4.69) is 31.3 Å². The largest absolute Gasteiger partial charge is 0.387 e. The van der Waals surface area contributed by atoms with Gasteiger partial charge < -0.3 is 10.4 Å². The number of carbonyl (C=O) groups is 1. The highest BCUT2D eigenvalue weighted by Gasteiger charge is 2.24. The standard InChI is InChI=1S/C35H67NO5S/c1-3-5-7-9-11-13-15-17-18-19-20-22-24-26-28-30-34(37)33(32-42(39,40)41)36-35(38)31-29-27-25-23-21-16-14-12-10-8-6-4-2/h12,14,28,30,33-34,37H,3-11,13,15-27,29,31-32H2,1-2H3,(H,36,38)(H,39,40,41)/b14-12-,30-28+. The third-order valence-corrected chi connectivity index (χ3v) is 8.65. The second-order valence-electron chi connectivity index (χ2n) is 12.1. The van der Waals surface area contributed by atoms with Crippen molar-refractivity contribution in [3.63, 3.8) is 0 Å². The van der Waals surface area contributed by atoms with E-state index in [1.54, 1.807) is 6.08 Å². The predicted molar refractivity (Wildman–Crippen MR) is 179 cm³/mol. The summed E-state index contributed by atoms with van der Waals surface area (Å²) in [5.74, 6) is -0.989. The van der Waals surface area contributed by atoms with Crippen molar-refractivity contribution in [1.29, 1.82) is 0 Å². The summed E-state index contributed by atoms with van der Waals surface area (Å²) in [5, 5.41) is 13.1. The molecule has 1 amide bonds. The van der Waals surface area contributed by atoms with Crippen LogP contribution in [0.2, 0.25) is 0 Å². The minimum absolute atomic E-state index is 0.286. The quantitative estimate of drug-likeness (QED) is 0.0410. The summed E-state index contributed by atoms with van der Waals surface area (Å²) in [7, 11) is -4.34. The lowest BCUT2D eigenvalue weighted by Gasteiger charge is -2.21. The van der Waals surface area contributed by atoms with Gasteiger partial charge in [0.2, 0.25) is 5.91 Å². The number of nitrogens with one attached hydrogen (secondary N) is 1. The second kappa shape index (κ2) is 29.9. The van der Waals surface area contributed by atoms with Crippen molar-refractivity contribution in [3.8, 4) is 0 Å². The molecule has 0 heterocycles. The SMILES string of the molecule is CCCCC/C=C\CCCCCCCC(=O)NC(CS(=O)(=O)O)C(O)/C=C/CCCCCCCCCCCCCCC. The number of carbonyl (C=O) groups excluding carboxylic acids is 1. The van der Waals surface area contributed by atoms with Gasteiger partial charge >= 0.3 is 0 Å². The van der Waals surface area contributed by atoms with Crippen LogP contribution >= 0.6 is 0 Å². The number of rotatable bonds is 31. The van der Waals surface area contributed by atoms with Gasteiger partial charge in [0, 0.05) is 6.42 Å². The highest BCUT2D eigenvalue weighted by Crippen LogP contribution is 2.14. The van der Waals surface area contributed by atoms with E-state index in [0.29, 0.717) is 0 Å². The van der Waals surface area contributed by atoms with E-state index >= 15 is 0 Å². The zero-order valence-electron chi connectivity index (χ0n) is 27.4. The molecule has 0 aromatic rings. The highest BCUT2D eigenvalue weighted by molar-refractivity contribution is 7.85. The zero-order chi connectivity index (χ0) is 31.2. The Kier molecular flexibility index (Phi) is 29.0. The number of allylic oxidation sites excluding steroid dienone is 3. The first-order chi connectivity index (χ1) is 20.3. The van der Waals surface area contributed by atoms with Gasteiger partial charge in [0.05, 0.1) is 17.9 Å². The topological polar surface area (TPSA) is 104 Å². The van der Waals surface area contributed by atoms with Gasteiger partial charge in [-0.2, -0.15) is 8.42 Å². The minimum Gasteiger partial charge on any atom is -0.387 e. The lowest BCUT2D eigenvalue weighted by atomic mass is 10.0. The fourth-order valence-corrected chi connectivity index (χ4v) is 5.94. The second-order valence-corrected chi connectivity index (χ2v) is 13.6. The highest BCUT2D eigenvalue weighted by atomic mass is 32.2. The van der Waals surface area contributed by atoms with E-state index in [9.17, 15) is 22.9 Å². The van der Waals surface area contributed by atoms with Crippen molar-refractivity contribution < 1.29 is 22.9 Å². The Morgan fingerprint density at radius 1 is 0.619 bits per heavy atom. The van der Waals surface area contributed by atoms with Crippen molar-refractivity contribution >= 4 is 16.0 Å². The van der Waals surface area contributed by atoms with Crippen LogP contribution in [-0.4, -0.2) is 41.9 Å². The molecular formula is C35H67NO5S. The number of aliphatic hydroxyl groups excluding tert-OH is 1. The molecule has 0 saturated carbocycles. The molecule has 0 aliphatic heterocycles. The van der Waals surface area contributed by atoms with E-state index < -0.39 is 28.0 Å². The van der Waals surface area contributed by atoms with Gasteiger partial charge in [0.15, 0.2) is 0 Å². The number of amides is 1. The van der Waals surface area contributed by atoms with Gasteiger partial charge in [0.1, 0.15) is 0 Å². The van der Waals surface area contributed by atoms with Gasteiger partial charge in [-0.15, -0.1) is 0 Å². The maximum Gasteiger partial charge on any atom is 0.267 e.